The number of aliphatic hydroxyl groups excluding tert-OH is 1. The number of rotatable bonds is 7. The molecule has 15 heavy (non-hydrogen) atoms. The molecule has 1 N–H and O–H groups in total. The van der Waals surface area contributed by atoms with Gasteiger partial charge >= 0.3 is 0 Å². The van der Waals surface area contributed by atoms with Crippen LogP contribution in [-0.2, 0) is 11.2 Å². The molecule has 0 unspecified atom stereocenters. The molecule has 0 fully saturated rings. The zero-order valence-electron chi connectivity index (χ0n) is 9.11. The van der Waals surface area contributed by atoms with Gasteiger partial charge in [0.2, 0.25) is 0 Å². The predicted octanol–water partition coefficient (Wildman–Crippen LogP) is 1.64. The minimum atomic E-state index is 0.0607. The first-order chi connectivity index (χ1) is 7.36. The quantitative estimate of drug-likeness (QED) is 0.695. The molecule has 0 aliphatic carbocycles. The highest BCUT2D eigenvalue weighted by Gasteiger charge is 1.94. The van der Waals surface area contributed by atoms with Gasteiger partial charge in [0.1, 0.15) is 12.4 Å². The lowest BCUT2D eigenvalue weighted by atomic mass is 10.2. The standard InChI is InChI=1S/C12H18O3/c1-2-11-3-5-12(6-4-11)15-10-9-14-8-7-13/h3-6,13H,2,7-10H2,1H3. The molecule has 0 aliphatic rings. The third-order valence-electron chi connectivity index (χ3n) is 2.06. The Labute approximate surface area is 90.6 Å². The molecule has 0 aromatic heterocycles. The SMILES string of the molecule is CCc1ccc(OCCOCCO)cc1. The molecule has 3 heteroatoms. The van der Waals surface area contributed by atoms with Gasteiger partial charge in [-0.1, -0.05) is 19.1 Å². The lowest BCUT2D eigenvalue weighted by Crippen LogP contribution is -2.09. The van der Waals surface area contributed by atoms with Crippen molar-refractivity contribution in [1.29, 1.82) is 0 Å². The van der Waals surface area contributed by atoms with Crippen LogP contribution in [0.2, 0.25) is 0 Å². The zero-order chi connectivity index (χ0) is 10.9. The van der Waals surface area contributed by atoms with Crippen molar-refractivity contribution in [2.75, 3.05) is 26.4 Å². The molecular formula is C12H18O3. The van der Waals surface area contributed by atoms with E-state index < -0.39 is 0 Å². The van der Waals surface area contributed by atoms with Gasteiger partial charge in [0.15, 0.2) is 0 Å². The lowest BCUT2D eigenvalue weighted by Gasteiger charge is -2.06. The minimum Gasteiger partial charge on any atom is -0.491 e. The predicted molar refractivity (Wildman–Crippen MR) is 59.2 cm³/mol. The molecule has 0 atom stereocenters. The second-order valence-electron chi connectivity index (χ2n) is 3.18. The molecule has 0 heterocycles. The van der Waals surface area contributed by atoms with Gasteiger partial charge in [0.05, 0.1) is 19.8 Å². The molecule has 0 radical (unpaired) electrons. The number of hydrogen-bond acceptors (Lipinski definition) is 3. The van der Waals surface area contributed by atoms with Crippen LogP contribution in [0.15, 0.2) is 24.3 Å². The van der Waals surface area contributed by atoms with Crippen molar-refractivity contribution in [1.82, 2.24) is 0 Å². The van der Waals surface area contributed by atoms with Crippen LogP contribution < -0.4 is 4.74 Å². The van der Waals surface area contributed by atoms with Crippen LogP contribution in [0.25, 0.3) is 0 Å². The van der Waals surface area contributed by atoms with Gasteiger partial charge in [-0.3, -0.25) is 0 Å². The molecule has 0 bridgehead atoms. The van der Waals surface area contributed by atoms with Gasteiger partial charge in [0, 0.05) is 0 Å². The van der Waals surface area contributed by atoms with E-state index in [0.29, 0.717) is 19.8 Å². The van der Waals surface area contributed by atoms with Crippen molar-refractivity contribution < 1.29 is 14.6 Å². The summed E-state index contributed by atoms with van der Waals surface area (Å²) in [6.07, 6.45) is 1.04. The highest BCUT2D eigenvalue weighted by atomic mass is 16.5. The first-order valence-corrected chi connectivity index (χ1v) is 5.27. The average Bonchev–Trinajstić information content (AvgIpc) is 2.30. The second-order valence-corrected chi connectivity index (χ2v) is 3.18. The Morgan fingerprint density at radius 2 is 1.80 bits per heavy atom. The molecule has 1 aromatic carbocycles. The van der Waals surface area contributed by atoms with Gasteiger partial charge in [-0.15, -0.1) is 0 Å². The average molecular weight is 210 g/mol. The molecule has 1 rings (SSSR count). The monoisotopic (exact) mass is 210 g/mol. The molecular weight excluding hydrogens is 192 g/mol. The summed E-state index contributed by atoms with van der Waals surface area (Å²) in [5, 5.41) is 8.47. The fourth-order valence-electron chi connectivity index (χ4n) is 1.21. The summed E-state index contributed by atoms with van der Waals surface area (Å²) in [5.41, 5.74) is 1.30. The summed E-state index contributed by atoms with van der Waals surface area (Å²) < 4.78 is 10.5. The lowest BCUT2D eigenvalue weighted by molar-refractivity contribution is 0.0705. The summed E-state index contributed by atoms with van der Waals surface area (Å²) in [4.78, 5) is 0. The molecule has 0 saturated carbocycles. The Morgan fingerprint density at radius 1 is 1.07 bits per heavy atom. The minimum absolute atomic E-state index is 0.0607. The smallest absolute Gasteiger partial charge is 0.119 e. The molecule has 0 aliphatic heterocycles. The third-order valence-corrected chi connectivity index (χ3v) is 2.06. The van der Waals surface area contributed by atoms with E-state index in [1.165, 1.54) is 5.56 Å². The van der Waals surface area contributed by atoms with Crippen LogP contribution in [0.4, 0.5) is 0 Å². The van der Waals surface area contributed by atoms with Gasteiger partial charge in [-0.25, -0.2) is 0 Å². The van der Waals surface area contributed by atoms with E-state index in [1.54, 1.807) is 0 Å². The molecule has 0 amide bonds. The van der Waals surface area contributed by atoms with E-state index >= 15 is 0 Å². The first kappa shape index (κ1) is 12.0. The maximum atomic E-state index is 8.47. The van der Waals surface area contributed by atoms with E-state index in [2.05, 4.69) is 19.1 Å². The number of ether oxygens (including phenoxy) is 2. The Bertz CT molecular complexity index is 256. The Balaban J connectivity index is 2.20. The van der Waals surface area contributed by atoms with Gasteiger partial charge in [-0.05, 0) is 24.1 Å². The van der Waals surface area contributed by atoms with Crippen molar-refractivity contribution in [2.45, 2.75) is 13.3 Å². The fourth-order valence-corrected chi connectivity index (χ4v) is 1.21. The van der Waals surface area contributed by atoms with Gasteiger partial charge in [-0.2, -0.15) is 0 Å². The Kier molecular flexibility index (Phi) is 5.81. The van der Waals surface area contributed by atoms with E-state index in [0.717, 1.165) is 12.2 Å². The first-order valence-electron chi connectivity index (χ1n) is 5.27. The number of aliphatic hydroxyl groups is 1. The summed E-state index contributed by atoms with van der Waals surface area (Å²) in [7, 11) is 0. The van der Waals surface area contributed by atoms with Crippen LogP contribution in [-0.4, -0.2) is 31.5 Å². The number of aryl methyl sites for hydroxylation is 1. The van der Waals surface area contributed by atoms with Crippen LogP contribution in [0.5, 0.6) is 5.75 Å². The van der Waals surface area contributed by atoms with Crippen LogP contribution >= 0.6 is 0 Å². The fraction of sp³-hybridized carbons (Fsp3) is 0.500. The van der Waals surface area contributed by atoms with Crippen molar-refractivity contribution >= 4 is 0 Å². The summed E-state index contributed by atoms with van der Waals surface area (Å²) in [6, 6.07) is 8.05. The maximum Gasteiger partial charge on any atom is 0.119 e. The number of hydrogen-bond donors (Lipinski definition) is 1. The third kappa shape index (κ3) is 4.81. The van der Waals surface area contributed by atoms with Gasteiger partial charge in [0.25, 0.3) is 0 Å². The van der Waals surface area contributed by atoms with Crippen molar-refractivity contribution in [2.24, 2.45) is 0 Å². The zero-order valence-corrected chi connectivity index (χ0v) is 9.11. The number of benzene rings is 1. The van der Waals surface area contributed by atoms with Crippen LogP contribution in [0, 0.1) is 0 Å². The van der Waals surface area contributed by atoms with E-state index in [1.807, 2.05) is 12.1 Å². The second kappa shape index (κ2) is 7.26. The normalized spacial score (nSPS) is 10.3. The molecule has 1 aromatic rings. The van der Waals surface area contributed by atoms with E-state index in [4.69, 9.17) is 14.6 Å². The van der Waals surface area contributed by atoms with Crippen molar-refractivity contribution in [3.8, 4) is 5.75 Å². The highest BCUT2D eigenvalue weighted by Crippen LogP contribution is 2.12. The Hall–Kier alpha value is -1.06. The molecule has 84 valence electrons. The van der Waals surface area contributed by atoms with Crippen LogP contribution in [0.1, 0.15) is 12.5 Å². The van der Waals surface area contributed by atoms with Crippen LogP contribution in [0.3, 0.4) is 0 Å². The molecule has 0 spiro atoms. The largest absolute Gasteiger partial charge is 0.491 e. The van der Waals surface area contributed by atoms with Gasteiger partial charge < -0.3 is 14.6 Å². The van der Waals surface area contributed by atoms with Crippen molar-refractivity contribution in [3.05, 3.63) is 29.8 Å². The Morgan fingerprint density at radius 3 is 2.40 bits per heavy atom. The maximum absolute atomic E-state index is 8.47. The molecule has 0 saturated heterocycles. The highest BCUT2D eigenvalue weighted by molar-refractivity contribution is 5.27. The van der Waals surface area contributed by atoms with Crippen molar-refractivity contribution in [3.63, 3.8) is 0 Å². The molecule has 3 nitrogen and oxygen atoms in total. The van der Waals surface area contributed by atoms with E-state index in [-0.39, 0.29) is 6.61 Å². The van der Waals surface area contributed by atoms with E-state index in [9.17, 15) is 0 Å². The topological polar surface area (TPSA) is 38.7 Å². The summed E-state index contributed by atoms with van der Waals surface area (Å²) in [6.45, 7) is 3.59. The summed E-state index contributed by atoms with van der Waals surface area (Å²) >= 11 is 0. The summed E-state index contributed by atoms with van der Waals surface area (Å²) in [5.74, 6) is 0.861.